The third-order valence-electron chi connectivity index (χ3n) is 2.67. The molecule has 2 rings (SSSR count). The SMILES string of the molecule is COc1ccc(/N=C/c2ccc(C(F)(F)F)cc2)cc1. The molecule has 0 aliphatic rings. The van der Waals surface area contributed by atoms with Gasteiger partial charge in [-0.25, -0.2) is 0 Å². The van der Waals surface area contributed by atoms with E-state index in [1.165, 1.54) is 18.3 Å². The molecule has 20 heavy (non-hydrogen) atoms. The molecule has 0 fully saturated rings. The van der Waals surface area contributed by atoms with Crippen LogP contribution in [0.15, 0.2) is 53.5 Å². The molecule has 104 valence electrons. The summed E-state index contributed by atoms with van der Waals surface area (Å²) in [6, 6.07) is 11.9. The van der Waals surface area contributed by atoms with E-state index in [1.54, 1.807) is 31.4 Å². The van der Waals surface area contributed by atoms with Crippen molar-refractivity contribution in [2.24, 2.45) is 4.99 Å². The molecule has 2 nitrogen and oxygen atoms in total. The van der Waals surface area contributed by atoms with Crippen LogP contribution in [-0.2, 0) is 6.18 Å². The van der Waals surface area contributed by atoms with Crippen LogP contribution in [0.5, 0.6) is 5.75 Å². The van der Waals surface area contributed by atoms with Gasteiger partial charge in [-0.15, -0.1) is 0 Å². The Morgan fingerprint density at radius 3 is 2.05 bits per heavy atom. The van der Waals surface area contributed by atoms with Gasteiger partial charge in [0.15, 0.2) is 0 Å². The van der Waals surface area contributed by atoms with Crippen LogP contribution < -0.4 is 4.74 Å². The lowest BCUT2D eigenvalue weighted by molar-refractivity contribution is -0.137. The maximum atomic E-state index is 12.4. The molecule has 0 atom stereocenters. The third-order valence-corrected chi connectivity index (χ3v) is 2.67. The van der Waals surface area contributed by atoms with Crippen LogP contribution in [0.2, 0.25) is 0 Å². The minimum absolute atomic E-state index is 0.605. The minimum Gasteiger partial charge on any atom is -0.497 e. The number of aliphatic imine (C=N–C) groups is 1. The summed E-state index contributed by atoms with van der Waals surface area (Å²) in [7, 11) is 1.57. The molecular formula is C15H12F3NO. The third kappa shape index (κ3) is 3.60. The highest BCUT2D eigenvalue weighted by Gasteiger charge is 2.29. The summed E-state index contributed by atoms with van der Waals surface area (Å²) in [5.41, 5.74) is 0.638. The molecule has 0 heterocycles. The average Bonchev–Trinajstić information content (AvgIpc) is 2.45. The van der Waals surface area contributed by atoms with Gasteiger partial charge in [-0.2, -0.15) is 13.2 Å². The Bertz CT molecular complexity index is 586. The first-order chi connectivity index (χ1) is 9.49. The predicted molar refractivity (Wildman–Crippen MR) is 71.7 cm³/mol. The van der Waals surface area contributed by atoms with Crippen molar-refractivity contribution >= 4 is 11.9 Å². The van der Waals surface area contributed by atoms with Crippen molar-refractivity contribution in [3.8, 4) is 5.75 Å². The monoisotopic (exact) mass is 279 g/mol. The van der Waals surface area contributed by atoms with Gasteiger partial charge in [-0.3, -0.25) is 4.99 Å². The number of hydrogen-bond donors (Lipinski definition) is 0. The van der Waals surface area contributed by atoms with Crippen molar-refractivity contribution in [3.05, 3.63) is 59.7 Å². The first-order valence-corrected chi connectivity index (χ1v) is 5.84. The molecule has 2 aromatic carbocycles. The Balaban J connectivity index is 2.10. The van der Waals surface area contributed by atoms with Crippen molar-refractivity contribution in [2.45, 2.75) is 6.18 Å². The number of alkyl halides is 3. The molecule has 0 aromatic heterocycles. The van der Waals surface area contributed by atoms with E-state index in [2.05, 4.69) is 4.99 Å². The molecule has 0 spiro atoms. The van der Waals surface area contributed by atoms with Crippen molar-refractivity contribution < 1.29 is 17.9 Å². The van der Waals surface area contributed by atoms with Crippen molar-refractivity contribution in [1.29, 1.82) is 0 Å². The second-order valence-corrected chi connectivity index (χ2v) is 4.08. The van der Waals surface area contributed by atoms with Gasteiger partial charge in [-0.1, -0.05) is 12.1 Å². The molecule has 2 aromatic rings. The van der Waals surface area contributed by atoms with Crippen LogP contribution in [0.3, 0.4) is 0 Å². The first-order valence-electron chi connectivity index (χ1n) is 5.84. The Hall–Kier alpha value is -2.30. The molecule has 0 amide bonds. The van der Waals surface area contributed by atoms with E-state index in [0.717, 1.165) is 17.9 Å². The van der Waals surface area contributed by atoms with Crippen molar-refractivity contribution in [3.63, 3.8) is 0 Å². The van der Waals surface area contributed by atoms with Crippen molar-refractivity contribution in [2.75, 3.05) is 7.11 Å². The summed E-state index contributed by atoms with van der Waals surface area (Å²) >= 11 is 0. The number of rotatable bonds is 3. The molecule has 0 unspecified atom stereocenters. The zero-order valence-electron chi connectivity index (χ0n) is 10.7. The van der Waals surface area contributed by atoms with E-state index in [9.17, 15) is 13.2 Å². The van der Waals surface area contributed by atoms with Crippen molar-refractivity contribution in [1.82, 2.24) is 0 Å². The number of hydrogen-bond acceptors (Lipinski definition) is 2. The van der Waals surface area contributed by atoms with Gasteiger partial charge in [-0.05, 0) is 42.0 Å². The van der Waals surface area contributed by atoms with Crippen LogP contribution >= 0.6 is 0 Å². The first kappa shape index (κ1) is 14.1. The predicted octanol–water partition coefficient (Wildman–Crippen LogP) is 4.46. The zero-order chi connectivity index (χ0) is 14.6. The molecule has 0 radical (unpaired) electrons. The second-order valence-electron chi connectivity index (χ2n) is 4.08. The van der Waals surface area contributed by atoms with Crippen LogP contribution in [0.4, 0.5) is 18.9 Å². The Morgan fingerprint density at radius 2 is 1.55 bits per heavy atom. The molecule has 0 bridgehead atoms. The van der Waals surface area contributed by atoms with Gasteiger partial charge in [0.1, 0.15) is 5.75 Å². The fraction of sp³-hybridized carbons (Fsp3) is 0.133. The summed E-state index contributed by atoms with van der Waals surface area (Å²) in [5, 5.41) is 0. The number of methoxy groups -OCH3 is 1. The summed E-state index contributed by atoms with van der Waals surface area (Å²) in [6.45, 7) is 0. The molecule has 0 aliphatic carbocycles. The van der Waals surface area contributed by atoms with Crippen LogP contribution in [0, 0.1) is 0 Å². The minimum atomic E-state index is -4.31. The Morgan fingerprint density at radius 1 is 0.950 bits per heavy atom. The second kappa shape index (κ2) is 5.77. The van der Waals surface area contributed by atoms with Gasteiger partial charge in [0.25, 0.3) is 0 Å². The Labute approximate surface area is 114 Å². The van der Waals surface area contributed by atoms with Crippen LogP contribution in [0.25, 0.3) is 0 Å². The number of nitrogens with zero attached hydrogens (tertiary/aromatic N) is 1. The lowest BCUT2D eigenvalue weighted by atomic mass is 10.1. The maximum Gasteiger partial charge on any atom is 0.416 e. The molecule has 0 saturated heterocycles. The smallest absolute Gasteiger partial charge is 0.416 e. The summed E-state index contributed by atoms with van der Waals surface area (Å²) in [4.78, 5) is 4.18. The fourth-order valence-corrected chi connectivity index (χ4v) is 1.58. The number of ether oxygens (including phenoxy) is 1. The molecule has 0 saturated carbocycles. The average molecular weight is 279 g/mol. The van der Waals surface area contributed by atoms with Crippen LogP contribution in [0.1, 0.15) is 11.1 Å². The lowest BCUT2D eigenvalue weighted by Gasteiger charge is -2.05. The largest absolute Gasteiger partial charge is 0.497 e. The highest BCUT2D eigenvalue weighted by atomic mass is 19.4. The van der Waals surface area contributed by atoms with E-state index in [-0.39, 0.29) is 0 Å². The number of benzene rings is 2. The maximum absolute atomic E-state index is 12.4. The molecule has 0 aliphatic heterocycles. The summed E-state index contributed by atoms with van der Waals surface area (Å²) in [6.07, 6.45) is -2.80. The van der Waals surface area contributed by atoms with Gasteiger partial charge >= 0.3 is 6.18 Å². The van der Waals surface area contributed by atoms with Gasteiger partial charge < -0.3 is 4.74 Å². The van der Waals surface area contributed by atoms with Gasteiger partial charge in [0, 0.05) is 6.21 Å². The van der Waals surface area contributed by atoms with E-state index in [4.69, 9.17) is 4.74 Å². The molecule has 0 N–H and O–H groups in total. The topological polar surface area (TPSA) is 21.6 Å². The fourth-order valence-electron chi connectivity index (χ4n) is 1.58. The summed E-state index contributed by atoms with van der Waals surface area (Å²) in [5.74, 6) is 0.721. The highest BCUT2D eigenvalue weighted by molar-refractivity contribution is 5.82. The highest BCUT2D eigenvalue weighted by Crippen LogP contribution is 2.29. The quantitative estimate of drug-likeness (QED) is 0.760. The molecule has 5 heteroatoms. The number of halogens is 3. The van der Waals surface area contributed by atoms with E-state index < -0.39 is 11.7 Å². The van der Waals surface area contributed by atoms with Gasteiger partial charge in [0.05, 0.1) is 18.4 Å². The van der Waals surface area contributed by atoms with Gasteiger partial charge in [0.2, 0.25) is 0 Å². The lowest BCUT2D eigenvalue weighted by Crippen LogP contribution is -2.04. The van der Waals surface area contributed by atoms with E-state index >= 15 is 0 Å². The Kier molecular flexibility index (Phi) is 4.08. The van der Waals surface area contributed by atoms with E-state index in [0.29, 0.717) is 11.3 Å². The van der Waals surface area contributed by atoms with E-state index in [1.807, 2.05) is 0 Å². The van der Waals surface area contributed by atoms with Crippen LogP contribution in [-0.4, -0.2) is 13.3 Å². The normalized spacial score (nSPS) is 11.8. The summed E-state index contributed by atoms with van der Waals surface area (Å²) < 4.78 is 42.2. The zero-order valence-corrected chi connectivity index (χ0v) is 10.7. The molecular weight excluding hydrogens is 267 g/mol. The standard InChI is InChI=1S/C15H12F3NO/c1-20-14-8-6-13(7-9-14)19-10-11-2-4-12(5-3-11)15(16,17)18/h2-10H,1H3/b19-10+.